The van der Waals surface area contributed by atoms with Gasteiger partial charge in [0.15, 0.2) is 16.9 Å². The lowest BCUT2D eigenvalue weighted by molar-refractivity contribution is 0.370. The van der Waals surface area contributed by atoms with E-state index in [0.29, 0.717) is 11.3 Å². The Balaban J connectivity index is 0.00000161. The van der Waals surface area contributed by atoms with Gasteiger partial charge in [0.05, 0.1) is 0 Å². The normalized spacial score (nSPS) is 10.3. The number of phenols is 3. The van der Waals surface area contributed by atoms with E-state index in [1.807, 2.05) is 6.07 Å². The van der Waals surface area contributed by atoms with E-state index in [2.05, 4.69) is 0 Å². The highest BCUT2D eigenvalue weighted by Gasteiger charge is 2.17. The quantitative estimate of drug-likeness (QED) is 0.433. The molecule has 108 valence electrons. The number of hydrogen-bond acceptors (Lipinski definition) is 5. The second-order valence-electron chi connectivity index (χ2n) is 4.31. The molecule has 5 nitrogen and oxygen atoms in total. The van der Waals surface area contributed by atoms with Gasteiger partial charge in [0, 0.05) is 17.7 Å². The molecular weight excluding hydrogens is 387 g/mol. The van der Waals surface area contributed by atoms with Gasteiger partial charge in [-0.2, -0.15) is 0 Å². The Labute approximate surface area is 136 Å². The van der Waals surface area contributed by atoms with Gasteiger partial charge < -0.3 is 19.7 Å². The molecule has 2 aromatic carbocycles. The molecule has 0 saturated heterocycles. The molecule has 0 amide bonds. The molecule has 1 heterocycles. The topological polar surface area (TPSA) is 90.9 Å². The highest BCUT2D eigenvalue weighted by atomic mass is 127. The molecule has 0 spiro atoms. The van der Waals surface area contributed by atoms with Crippen molar-refractivity contribution in [2.75, 3.05) is 0 Å². The molecule has 0 radical (unpaired) electrons. The van der Waals surface area contributed by atoms with Crippen LogP contribution in [0.2, 0.25) is 0 Å². The van der Waals surface area contributed by atoms with Crippen LogP contribution in [-0.4, -0.2) is 15.3 Å². The van der Waals surface area contributed by atoms with Gasteiger partial charge in [0.25, 0.3) is 0 Å². The lowest BCUT2D eigenvalue weighted by Crippen LogP contribution is -2.00. The highest BCUT2D eigenvalue weighted by Crippen LogP contribution is 2.40. The van der Waals surface area contributed by atoms with Gasteiger partial charge in [-0.3, -0.25) is 4.79 Å². The average molecular weight is 398 g/mol. The SMILES string of the molecule is I.O=c1cc(-c2ccccc2)oc2cc(O)c(O)c(O)c12. The molecule has 0 atom stereocenters. The molecule has 0 saturated carbocycles. The van der Waals surface area contributed by atoms with Crippen molar-refractivity contribution in [2.45, 2.75) is 0 Å². The number of rotatable bonds is 1. The zero-order valence-electron chi connectivity index (χ0n) is 10.6. The number of halogens is 1. The van der Waals surface area contributed by atoms with E-state index in [1.165, 1.54) is 6.07 Å². The third-order valence-electron chi connectivity index (χ3n) is 3.00. The number of aromatic hydroxyl groups is 3. The van der Waals surface area contributed by atoms with Gasteiger partial charge in [-0.1, -0.05) is 30.3 Å². The van der Waals surface area contributed by atoms with E-state index in [0.717, 1.165) is 6.07 Å². The van der Waals surface area contributed by atoms with Crippen LogP contribution in [0, 0.1) is 0 Å². The van der Waals surface area contributed by atoms with Gasteiger partial charge in [0.1, 0.15) is 16.7 Å². The van der Waals surface area contributed by atoms with Crippen LogP contribution in [0.1, 0.15) is 0 Å². The van der Waals surface area contributed by atoms with Gasteiger partial charge in [-0.15, -0.1) is 24.0 Å². The van der Waals surface area contributed by atoms with Crippen molar-refractivity contribution in [3.63, 3.8) is 0 Å². The van der Waals surface area contributed by atoms with Crippen LogP contribution < -0.4 is 5.43 Å². The summed E-state index contributed by atoms with van der Waals surface area (Å²) >= 11 is 0. The molecule has 3 aromatic rings. The predicted octanol–water partition coefficient (Wildman–Crippen LogP) is 3.19. The summed E-state index contributed by atoms with van der Waals surface area (Å²) in [5, 5.41) is 28.5. The Morgan fingerprint density at radius 2 is 1.57 bits per heavy atom. The molecule has 0 fully saturated rings. The van der Waals surface area contributed by atoms with E-state index in [4.69, 9.17) is 4.42 Å². The average Bonchev–Trinajstić information content (AvgIpc) is 2.45. The summed E-state index contributed by atoms with van der Waals surface area (Å²) in [6.07, 6.45) is 0. The molecule has 21 heavy (non-hydrogen) atoms. The van der Waals surface area contributed by atoms with E-state index in [1.54, 1.807) is 24.3 Å². The highest BCUT2D eigenvalue weighted by molar-refractivity contribution is 14.0. The second kappa shape index (κ2) is 5.65. The first-order valence-electron chi connectivity index (χ1n) is 5.85. The third kappa shape index (κ3) is 2.54. The molecule has 3 N–H and O–H groups in total. The van der Waals surface area contributed by atoms with Crippen LogP contribution in [-0.2, 0) is 0 Å². The zero-order chi connectivity index (χ0) is 14.3. The number of benzene rings is 2. The van der Waals surface area contributed by atoms with E-state index < -0.39 is 22.7 Å². The number of fused-ring (bicyclic) bond motifs is 1. The number of phenolic OH excluding ortho intramolecular Hbond substituents is 3. The van der Waals surface area contributed by atoms with Gasteiger partial charge in [-0.05, 0) is 0 Å². The summed E-state index contributed by atoms with van der Waals surface area (Å²) in [5.41, 5.74) is 0.195. The maximum Gasteiger partial charge on any atom is 0.201 e. The lowest BCUT2D eigenvalue weighted by Gasteiger charge is -2.06. The molecule has 0 aliphatic heterocycles. The Kier molecular flexibility index (Phi) is 4.08. The largest absolute Gasteiger partial charge is 0.504 e. The van der Waals surface area contributed by atoms with Crippen molar-refractivity contribution in [3.8, 4) is 28.6 Å². The lowest BCUT2D eigenvalue weighted by atomic mass is 10.1. The maximum absolute atomic E-state index is 12.0. The molecular formula is C15H11IO5. The molecule has 1 aromatic heterocycles. The monoisotopic (exact) mass is 398 g/mol. The van der Waals surface area contributed by atoms with Crippen LogP contribution in [0.4, 0.5) is 0 Å². The Hall–Kier alpha value is -2.22. The van der Waals surface area contributed by atoms with Gasteiger partial charge >= 0.3 is 0 Å². The van der Waals surface area contributed by atoms with Crippen molar-refractivity contribution in [2.24, 2.45) is 0 Å². The summed E-state index contributed by atoms with van der Waals surface area (Å²) in [6.45, 7) is 0. The first kappa shape index (κ1) is 15.2. The Morgan fingerprint density at radius 3 is 2.24 bits per heavy atom. The van der Waals surface area contributed by atoms with Crippen molar-refractivity contribution in [1.29, 1.82) is 0 Å². The van der Waals surface area contributed by atoms with Crippen LogP contribution in [0.3, 0.4) is 0 Å². The maximum atomic E-state index is 12.0. The molecule has 0 aliphatic rings. The summed E-state index contributed by atoms with van der Waals surface area (Å²) in [4.78, 5) is 12.0. The Bertz CT molecular complexity index is 855. The third-order valence-corrected chi connectivity index (χ3v) is 3.00. The Morgan fingerprint density at radius 1 is 0.905 bits per heavy atom. The van der Waals surface area contributed by atoms with E-state index >= 15 is 0 Å². The summed E-state index contributed by atoms with van der Waals surface area (Å²) in [7, 11) is 0. The fourth-order valence-electron chi connectivity index (χ4n) is 2.02. The minimum Gasteiger partial charge on any atom is -0.504 e. The number of hydrogen-bond donors (Lipinski definition) is 3. The fraction of sp³-hybridized carbons (Fsp3) is 0. The second-order valence-corrected chi connectivity index (χ2v) is 4.31. The summed E-state index contributed by atoms with van der Waals surface area (Å²) in [6, 6.07) is 11.3. The molecule has 0 aliphatic carbocycles. The molecule has 0 bridgehead atoms. The van der Waals surface area contributed by atoms with Gasteiger partial charge in [-0.25, -0.2) is 0 Å². The zero-order valence-corrected chi connectivity index (χ0v) is 12.9. The van der Waals surface area contributed by atoms with Crippen LogP contribution in [0.5, 0.6) is 17.2 Å². The first-order chi connectivity index (χ1) is 9.58. The van der Waals surface area contributed by atoms with Gasteiger partial charge in [0.2, 0.25) is 5.75 Å². The van der Waals surface area contributed by atoms with Crippen LogP contribution >= 0.6 is 24.0 Å². The van der Waals surface area contributed by atoms with Crippen LogP contribution in [0.25, 0.3) is 22.3 Å². The predicted molar refractivity (Wildman–Crippen MR) is 88.3 cm³/mol. The molecule has 6 heteroatoms. The van der Waals surface area contributed by atoms with E-state index in [9.17, 15) is 20.1 Å². The van der Waals surface area contributed by atoms with Crippen LogP contribution in [0.15, 0.2) is 51.7 Å². The summed E-state index contributed by atoms with van der Waals surface area (Å²) in [5.74, 6) is -1.67. The minimum atomic E-state index is -0.739. The smallest absolute Gasteiger partial charge is 0.201 e. The van der Waals surface area contributed by atoms with E-state index in [-0.39, 0.29) is 34.9 Å². The van der Waals surface area contributed by atoms with Crippen molar-refractivity contribution in [1.82, 2.24) is 0 Å². The molecule has 3 rings (SSSR count). The van der Waals surface area contributed by atoms with Crippen molar-refractivity contribution >= 4 is 34.9 Å². The molecule has 0 unspecified atom stereocenters. The van der Waals surface area contributed by atoms with Crippen molar-refractivity contribution in [3.05, 3.63) is 52.7 Å². The first-order valence-corrected chi connectivity index (χ1v) is 5.85. The summed E-state index contributed by atoms with van der Waals surface area (Å²) < 4.78 is 5.51. The minimum absolute atomic E-state index is 0. The van der Waals surface area contributed by atoms with Crippen molar-refractivity contribution < 1.29 is 19.7 Å². The standard InChI is InChI=1S/C15H10O5.HI/c16-9-6-11(8-4-2-1-3-5-8)20-12-7-10(17)14(18)15(19)13(9)12;/h1-7,17-19H;1H. The fourth-order valence-corrected chi connectivity index (χ4v) is 2.02.